The Kier molecular flexibility index (Phi) is 18.7. The fraction of sp³-hybridized carbons (Fsp3) is 0.567. The van der Waals surface area contributed by atoms with Gasteiger partial charge in [0, 0.05) is 45.0 Å². The molecule has 18 nitrogen and oxygen atoms in total. The number of hydrogen-bond acceptors (Lipinski definition) is 17. The molecule has 2 bridgehead atoms. The van der Waals surface area contributed by atoms with Crippen molar-refractivity contribution in [2.45, 2.75) is 173 Å². The van der Waals surface area contributed by atoms with Gasteiger partial charge in [0.05, 0.1) is 42.8 Å². The smallest absolute Gasteiger partial charge is 0.456 e. The lowest BCUT2D eigenvalue weighted by Crippen LogP contribution is -2.83. The molecule has 3 aromatic carbocycles. The number of Topliss-reactive ketones (excluding diaryl/α,β-unsaturated/α-hetero) is 1. The molecule has 7 rings (SSSR count). The van der Waals surface area contributed by atoms with Crippen LogP contribution in [0.15, 0.2) is 102 Å². The van der Waals surface area contributed by atoms with Gasteiger partial charge in [-0.2, -0.15) is 0 Å². The van der Waals surface area contributed by atoms with E-state index in [1.807, 2.05) is 54.6 Å². The normalized spacial score (nSPS) is 28.0. The monoisotopic (exact) mass is 1140 g/mol. The van der Waals surface area contributed by atoms with Crippen LogP contribution in [0.1, 0.15) is 121 Å². The molecule has 0 spiro atoms. The predicted octanol–water partition coefficient (Wildman–Crippen LogP) is 9.57. The van der Waals surface area contributed by atoms with E-state index in [1.54, 1.807) is 126 Å². The minimum atomic E-state index is -3.38. The third-order valence-electron chi connectivity index (χ3n) is 17.0. The number of ether oxygens (including phenoxy) is 8. The Hall–Kier alpha value is -5.59. The molecule has 2 saturated carbocycles. The Morgan fingerprint density at radius 1 is 0.812 bits per heavy atom. The average Bonchev–Trinajstić information content (AvgIpc) is 3.58. The molecule has 11 atom stereocenters. The van der Waals surface area contributed by atoms with Crippen LogP contribution in [0.2, 0.25) is 24.2 Å². The zero-order valence-corrected chi connectivity index (χ0v) is 51.0. The summed E-state index contributed by atoms with van der Waals surface area (Å²) >= 11 is 0. The predicted molar refractivity (Wildman–Crippen MR) is 298 cm³/mol. The fourth-order valence-corrected chi connectivity index (χ4v) is 17.9. The van der Waals surface area contributed by atoms with E-state index in [-0.39, 0.29) is 41.7 Å². The lowest BCUT2D eigenvalue weighted by molar-refractivity contribution is -0.342. The summed E-state index contributed by atoms with van der Waals surface area (Å²) in [6.07, 6.45) is -9.84. The van der Waals surface area contributed by atoms with Crippen LogP contribution in [-0.4, -0.2) is 135 Å². The van der Waals surface area contributed by atoms with E-state index in [0.29, 0.717) is 16.7 Å². The zero-order chi connectivity index (χ0) is 58.9. The highest BCUT2D eigenvalue weighted by atomic mass is 28.4. The van der Waals surface area contributed by atoms with E-state index in [9.17, 15) is 14.4 Å². The molecule has 1 N–H and O–H groups in total. The van der Waals surface area contributed by atoms with Crippen molar-refractivity contribution in [1.29, 1.82) is 0 Å². The third kappa shape index (κ3) is 11.3. The van der Waals surface area contributed by atoms with Crippen molar-refractivity contribution in [3.8, 4) is 0 Å². The second-order valence-electron chi connectivity index (χ2n) is 23.3. The maximum atomic E-state index is 17.0. The van der Waals surface area contributed by atoms with Gasteiger partial charge in [-0.05, 0) is 92.8 Å². The third-order valence-corrected chi connectivity index (χ3v) is 22.3. The number of esters is 3. The molecule has 435 valence electrons. The minimum Gasteiger partial charge on any atom is -0.456 e. The topological polar surface area (TPSA) is 216 Å². The lowest BCUT2D eigenvalue weighted by atomic mass is 9.44. The highest BCUT2D eigenvalue weighted by Crippen LogP contribution is 2.66. The Morgan fingerprint density at radius 2 is 1.39 bits per heavy atom. The van der Waals surface area contributed by atoms with E-state index in [1.165, 1.54) is 14.0 Å². The first kappa shape index (κ1) is 62.0. The average molecular weight is 1140 g/mol. The molecule has 3 fully saturated rings. The standard InChI is InChI=1S/C60H80NO17Si2/c1-35(2)80(70-14,36(3)4)77-43-32-44-59(34-71-44,76-55(67)68-12)49-51(74-53(65)41-30-24-19-25-31-41)60(78-79(15)16)33-42(37(5)45(56(60,7)8)47(72-38(6)62)50(63)58(43,49)11)73-54(66)48(75-57(9,10)69-13)46(39-26-20-17-21-27-39)61-52(64)40-28-22-18-23-29-40/h17-31,35-36,42-44,46-49,51H,32-34H2,1-16H3,(H,61,64)/t42-,43-,44?,46-,47+,48+,49?,51-,58+,59-,60+/m0/s1. The van der Waals surface area contributed by atoms with Gasteiger partial charge in [-0.25, -0.2) is 14.4 Å². The molecule has 3 aliphatic carbocycles. The van der Waals surface area contributed by atoms with Crippen molar-refractivity contribution in [2.75, 3.05) is 27.9 Å². The van der Waals surface area contributed by atoms with Gasteiger partial charge in [0.25, 0.3) is 5.91 Å². The van der Waals surface area contributed by atoms with E-state index in [2.05, 4.69) is 5.32 Å². The number of carbonyl (C=O) groups excluding carboxylic acids is 6. The summed E-state index contributed by atoms with van der Waals surface area (Å²) < 4.78 is 72.4. The quantitative estimate of drug-likeness (QED) is 0.0366. The van der Waals surface area contributed by atoms with Crippen LogP contribution in [0.25, 0.3) is 0 Å². The summed E-state index contributed by atoms with van der Waals surface area (Å²) in [5.41, 5.74) is -5.93. The molecule has 80 heavy (non-hydrogen) atoms. The molecule has 1 aliphatic heterocycles. The van der Waals surface area contributed by atoms with Gasteiger partial charge in [-0.3, -0.25) is 14.4 Å². The van der Waals surface area contributed by atoms with Gasteiger partial charge in [0.15, 0.2) is 29.4 Å². The molecular weight excluding hydrogens is 1060 g/mol. The molecule has 1 radical (unpaired) electrons. The van der Waals surface area contributed by atoms with Gasteiger partial charge in [0.2, 0.25) is 9.04 Å². The number of hydrogen-bond donors (Lipinski definition) is 1. The summed E-state index contributed by atoms with van der Waals surface area (Å²) in [5.74, 6) is -6.67. The molecular formula is C60H80NO17Si2. The maximum Gasteiger partial charge on any atom is 0.508 e. The second kappa shape index (κ2) is 24.1. The lowest BCUT2D eigenvalue weighted by Gasteiger charge is -2.69. The highest BCUT2D eigenvalue weighted by Gasteiger charge is 2.80. The van der Waals surface area contributed by atoms with Crippen molar-refractivity contribution < 1.29 is 79.9 Å². The molecule has 1 heterocycles. The van der Waals surface area contributed by atoms with Crippen LogP contribution in [0.3, 0.4) is 0 Å². The number of carbonyl (C=O) groups is 6. The van der Waals surface area contributed by atoms with Crippen LogP contribution < -0.4 is 5.32 Å². The van der Waals surface area contributed by atoms with E-state index < -0.39 is 130 Å². The number of ketones is 1. The van der Waals surface area contributed by atoms with Crippen molar-refractivity contribution in [2.24, 2.45) is 16.7 Å². The molecule has 1 saturated heterocycles. The van der Waals surface area contributed by atoms with Crippen LogP contribution >= 0.6 is 0 Å². The number of fused-ring (bicyclic) bond motifs is 5. The minimum absolute atomic E-state index is 0.0197. The highest BCUT2D eigenvalue weighted by molar-refractivity contribution is 6.70. The maximum absolute atomic E-state index is 17.0. The number of rotatable bonds is 20. The molecule has 3 aromatic rings. The van der Waals surface area contributed by atoms with Crippen LogP contribution in [0.5, 0.6) is 0 Å². The van der Waals surface area contributed by atoms with Crippen molar-refractivity contribution >= 4 is 53.4 Å². The van der Waals surface area contributed by atoms with E-state index in [0.717, 1.165) is 7.11 Å². The number of methoxy groups -OCH3 is 2. The Balaban J connectivity index is 1.55. The Labute approximate surface area is 473 Å². The number of benzene rings is 3. The molecule has 0 aromatic heterocycles. The summed E-state index contributed by atoms with van der Waals surface area (Å²) in [6.45, 7) is 22.9. The first-order valence-corrected chi connectivity index (χ1v) is 31.6. The van der Waals surface area contributed by atoms with Gasteiger partial charge in [0.1, 0.15) is 23.9 Å². The van der Waals surface area contributed by atoms with Crippen LogP contribution in [-0.2, 0) is 65.6 Å². The summed E-state index contributed by atoms with van der Waals surface area (Å²) in [7, 11) is -1.22. The Bertz CT molecular complexity index is 2770. The molecule has 20 heteroatoms. The van der Waals surface area contributed by atoms with Gasteiger partial charge < -0.3 is 56.5 Å². The van der Waals surface area contributed by atoms with Gasteiger partial charge in [-0.1, -0.05) is 108 Å². The molecule has 4 aliphatic rings. The summed E-state index contributed by atoms with van der Waals surface area (Å²) in [6, 6.07) is 24.4. The van der Waals surface area contributed by atoms with Gasteiger partial charge in [-0.15, -0.1) is 0 Å². The summed E-state index contributed by atoms with van der Waals surface area (Å²) in [4.78, 5) is 90.0. The zero-order valence-electron chi connectivity index (χ0n) is 49.0. The van der Waals surface area contributed by atoms with Crippen LogP contribution in [0.4, 0.5) is 4.79 Å². The Morgan fingerprint density at radius 3 is 1.89 bits per heavy atom. The van der Waals surface area contributed by atoms with E-state index >= 15 is 14.4 Å². The number of amides is 1. The molecule has 1 amide bonds. The van der Waals surface area contributed by atoms with Crippen LogP contribution in [0, 0.1) is 16.7 Å². The van der Waals surface area contributed by atoms with Crippen molar-refractivity contribution in [1.82, 2.24) is 5.32 Å². The van der Waals surface area contributed by atoms with Gasteiger partial charge >= 0.3 is 32.6 Å². The molecule has 2 unspecified atom stereocenters. The van der Waals surface area contributed by atoms with Crippen molar-refractivity contribution in [3.05, 3.63) is 119 Å². The van der Waals surface area contributed by atoms with Crippen molar-refractivity contribution in [3.63, 3.8) is 0 Å². The summed E-state index contributed by atoms with van der Waals surface area (Å²) in [5, 5.41) is 3.03. The SMILES string of the molecule is COC(=O)O[C@@]12COC1C[C@H](O[Si](OC)(C(C)C)C(C)C)[C@@]1(C)C(=O)[C@H](OC(C)=O)C3=C(C)[C@@H](OC(=O)[C@H](OC(C)(C)OC)[C@@H](NC(=O)c4ccccc4)c4ccccc4)C[C@@](O[Si](C)C)([C@@H](OC(=O)c4ccccc4)C21)C3(C)C. The largest absolute Gasteiger partial charge is 0.508 e. The second-order valence-corrected chi connectivity index (χ2v) is 29.7. The first-order valence-electron chi connectivity index (χ1n) is 27.2. The first-order chi connectivity index (χ1) is 37.6. The number of nitrogens with one attached hydrogen (secondary N) is 1. The van der Waals surface area contributed by atoms with E-state index in [4.69, 9.17) is 51.2 Å². The fourth-order valence-electron chi connectivity index (χ4n) is 13.0.